The van der Waals surface area contributed by atoms with Gasteiger partial charge < -0.3 is 15.3 Å². The molecule has 2 unspecified atom stereocenters. The topological polar surface area (TPSA) is 52.6 Å². The molecular weight excluding hydrogens is 228 g/mol. The Balaban J connectivity index is 2.10. The highest BCUT2D eigenvalue weighted by molar-refractivity contribution is 5.97. The van der Waals surface area contributed by atoms with Crippen LogP contribution in [0.4, 0.5) is 5.69 Å². The highest BCUT2D eigenvalue weighted by atomic mass is 16.3. The summed E-state index contributed by atoms with van der Waals surface area (Å²) < 4.78 is 0. The van der Waals surface area contributed by atoms with Gasteiger partial charge in [0.2, 0.25) is 5.91 Å². The van der Waals surface area contributed by atoms with Crippen molar-refractivity contribution >= 4 is 11.6 Å². The van der Waals surface area contributed by atoms with Gasteiger partial charge >= 0.3 is 0 Å². The Hall–Kier alpha value is -1.55. The summed E-state index contributed by atoms with van der Waals surface area (Å²) in [5.41, 5.74) is 0.803. The van der Waals surface area contributed by atoms with Crippen molar-refractivity contribution < 1.29 is 9.90 Å². The first-order valence-corrected chi connectivity index (χ1v) is 6.39. The predicted molar refractivity (Wildman–Crippen MR) is 71.7 cm³/mol. The van der Waals surface area contributed by atoms with E-state index < -0.39 is 0 Å². The minimum atomic E-state index is -0.0995. The molecule has 1 fully saturated rings. The summed E-state index contributed by atoms with van der Waals surface area (Å²) in [5.74, 6) is 0.669. The van der Waals surface area contributed by atoms with Crippen LogP contribution in [0.25, 0.3) is 0 Å². The van der Waals surface area contributed by atoms with Crippen LogP contribution in [0.3, 0.4) is 0 Å². The van der Waals surface area contributed by atoms with E-state index >= 15 is 0 Å². The summed E-state index contributed by atoms with van der Waals surface area (Å²) in [6.07, 6.45) is 2.22. The summed E-state index contributed by atoms with van der Waals surface area (Å²) in [5, 5.41) is 12.5. The van der Waals surface area contributed by atoms with Crippen LogP contribution in [0.2, 0.25) is 0 Å². The second-order valence-electron chi connectivity index (χ2n) is 4.96. The molecule has 0 aliphatic carbocycles. The highest BCUT2D eigenvalue weighted by Crippen LogP contribution is 2.21. The van der Waals surface area contributed by atoms with Crippen molar-refractivity contribution in [3.63, 3.8) is 0 Å². The lowest BCUT2D eigenvalue weighted by Gasteiger charge is -2.32. The summed E-state index contributed by atoms with van der Waals surface area (Å²) in [6, 6.07) is 6.59. The first kappa shape index (κ1) is 12.9. The first-order chi connectivity index (χ1) is 8.59. The number of piperidine rings is 1. The normalized spacial score (nSPS) is 23.7. The van der Waals surface area contributed by atoms with Gasteiger partial charge in [-0.1, -0.05) is 6.92 Å². The van der Waals surface area contributed by atoms with Crippen LogP contribution in [0.1, 0.15) is 19.8 Å². The molecule has 0 spiro atoms. The lowest BCUT2D eigenvalue weighted by atomic mass is 9.92. The molecule has 98 valence electrons. The first-order valence-electron chi connectivity index (χ1n) is 6.39. The Morgan fingerprint density at radius 1 is 1.39 bits per heavy atom. The van der Waals surface area contributed by atoms with Crippen molar-refractivity contribution in [3.8, 4) is 5.75 Å². The number of aromatic hydroxyl groups is 1. The van der Waals surface area contributed by atoms with Gasteiger partial charge in [0.1, 0.15) is 5.75 Å². The van der Waals surface area contributed by atoms with E-state index in [-0.39, 0.29) is 17.7 Å². The van der Waals surface area contributed by atoms with Crippen molar-refractivity contribution in [2.24, 2.45) is 5.92 Å². The summed E-state index contributed by atoms with van der Waals surface area (Å²) in [4.78, 5) is 14.0. The van der Waals surface area contributed by atoms with Crippen LogP contribution in [0.15, 0.2) is 24.3 Å². The molecule has 2 atom stereocenters. The molecule has 4 nitrogen and oxygen atoms in total. The van der Waals surface area contributed by atoms with Gasteiger partial charge in [0.15, 0.2) is 0 Å². The van der Waals surface area contributed by atoms with Gasteiger partial charge in [-0.2, -0.15) is 0 Å². The number of nitrogens with one attached hydrogen (secondary N) is 1. The zero-order chi connectivity index (χ0) is 13.1. The van der Waals surface area contributed by atoms with E-state index in [1.54, 1.807) is 36.2 Å². The van der Waals surface area contributed by atoms with Gasteiger partial charge in [-0.15, -0.1) is 0 Å². The molecule has 0 bridgehead atoms. The lowest BCUT2D eigenvalue weighted by molar-refractivity contribution is -0.121. The monoisotopic (exact) mass is 248 g/mol. The van der Waals surface area contributed by atoms with Crippen LogP contribution in [-0.2, 0) is 4.79 Å². The number of benzene rings is 1. The van der Waals surface area contributed by atoms with E-state index in [0.717, 1.165) is 25.1 Å². The Morgan fingerprint density at radius 2 is 2.06 bits per heavy atom. The zero-order valence-corrected chi connectivity index (χ0v) is 10.9. The Morgan fingerprint density at radius 3 is 2.67 bits per heavy atom. The molecular formula is C14H20N2O2. The lowest BCUT2D eigenvalue weighted by Crippen LogP contribution is -2.51. The number of amides is 1. The van der Waals surface area contributed by atoms with Gasteiger partial charge in [-0.05, 0) is 49.6 Å². The maximum absolute atomic E-state index is 12.4. The van der Waals surface area contributed by atoms with Crippen LogP contribution >= 0.6 is 0 Å². The van der Waals surface area contributed by atoms with Gasteiger partial charge in [0.05, 0.1) is 6.04 Å². The fourth-order valence-electron chi connectivity index (χ4n) is 2.39. The second-order valence-corrected chi connectivity index (χ2v) is 4.96. The molecule has 0 radical (unpaired) electrons. The Kier molecular flexibility index (Phi) is 3.87. The molecule has 1 amide bonds. The second kappa shape index (κ2) is 5.40. The highest BCUT2D eigenvalue weighted by Gasteiger charge is 2.29. The maximum Gasteiger partial charge on any atom is 0.244 e. The third-order valence-electron chi connectivity index (χ3n) is 3.60. The molecule has 2 rings (SSSR count). The van der Waals surface area contributed by atoms with Crippen LogP contribution in [0, 0.1) is 5.92 Å². The molecule has 4 heteroatoms. The quantitative estimate of drug-likeness (QED) is 0.838. The number of hydrogen-bond acceptors (Lipinski definition) is 3. The largest absolute Gasteiger partial charge is 0.508 e. The minimum absolute atomic E-state index is 0.0906. The number of hydrogen-bond donors (Lipinski definition) is 2. The van der Waals surface area contributed by atoms with Crippen molar-refractivity contribution in [1.29, 1.82) is 0 Å². The standard InChI is InChI=1S/C14H20N2O2/c1-10-4-3-9-15-13(10)14(18)16(2)11-5-7-12(17)8-6-11/h5-8,10,13,15,17H,3-4,9H2,1-2H3. The molecule has 1 aromatic rings. The zero-order valence-electron chi connectivity index (χ0n) is 10.9. The van der Waals surface area contributed by atoms with Gasteiger partial charge in [0, 0.05) is 12.7 Å². The molecule has 1 saturated heterocycles. The van der Waals surface area contributed by atoms with E-state index in [1.165, 1.54) is 0 Å². The maximum atomic E-state index is 12.4. The van der Waals surface area contributed by atoms with E-state index in [4.69, 9.17) is 0 Å². The van der Waals surface area contributed by atoms with Crippen LogP contribution in [0.5, 0.6) is 5.75 Å². The summed E-state index contributed by atoms with van der Waals surface area (Å²) >= 11 is 0. The van der Waals surface area contributed by atoms with E-state index in [2.05, 4.69) is 12.2 Å². The van der Waals surface area contributed by atoms with E-state index in [1.807, 2.05) is 0 Å². The molecule has 0 aromatic heterocycles. The van der Waals surface area contributed by atoms with Crippen LogP contribution in [-0.4, -0.2) is 30.6 Å². The average molecular weight is 248 g/mol. The summed E-state index contributed by atoms with van der Waals surface area (Å²) in [7, 11) is 1.78. The van der Waals surface area contributed by atoms with Crippen molar-refractivity contribution in [1.82, 2.24) is 5.32 Å². The van der Waals surface area contributed by atoms with Crippen molar-refractivity contribution in [2.45, 2.75) is 25.8 Å². The number of anilines is 1. The molecule has 1 heterocycles. The van der Waals surface area contributed by atoms with Crippen molar-refractivity contribution in [2.75, 3.05) is 18.5 Å². The molecule has 1 aromatic carbocycles. The number of carbonyl (C=O) groups excluding carboxylic acids is 1. The fraction of sp³-hybridized carbons (Fsp3) is 0.500. The number of nitrogens with zero attached hydrogens (tertiary/aromatic N) is 1. The number of phenolic OH excluding ortho intramolecular Hbond substituents is 1. The van der Waals surface area contributed by atoms with Gasteiger partial charge in [-0.3, -0.25) is 4.79 Å². The SMILES string of the molecule is CC1CCCNC1C(=O)N(C)c1ccc(O)cc1. The number of rotatable bonds is 2. The number of phenols is 1. The molecule has 1 aliphatic heterocycles. The third kappa shape index (κ3) is 2.64. The fourth-order valence-corrected chi connectivity index (χ4v) is 2.39. The summed E-state index contributed by atoms with van der Waals surface area (Å²) in [6.45, 7) is 3.02. The van der Waals surface area contributed by atoms with Crippen LogP contribution < -0.4 is 10.2 Å². The average Bonchev–Trinajstić information content (AvgIpc) is 2.38. The molecule has 18 heavy (non-hydrogen) atoms. The number of likely N-dealkylation sites (N-methyl/N-ethyl adjacent to an activating group) is 1. The van der Waals surface area contributed by atoms with E-state index in [0.29, 0.717) is 5.92 Å². The Labute approximate surface area is 108 Å². The number of carbonyl (C=O) groups is 1. The Bertz CT molecular complexity index is 416. The molecule has 0 saturated carbocycles. The molecule has 1 aliphatic rings. The minimum Gasteiger partial charge on any atom is -0.508 e. The third-order valence-corrected chi connectivity index (χ3v) is 3.60. The van der Waals surface area contributed by atoms with E-state index in [9.17, 15) is 9.90 Å². The van der Waals surface area contributed by atoms with Gasteiger partial charge in [-0.25, -0.2) is 0 Å². The molecule has 2 N–H and O–H groups in total. The van der Waals surface area contributed by atoms with Crippen molar-refractivity contribution in [3.05, 3.63) is 24.3 Å². The smallest absolute Gasteiger partial charge is 0.244 e. The van der Waals surface area contributed by atoms with Gasteiger partial charge in [0.25, 0.3) is 0 Å². The predicted octanol–water partition coefficient (Wildman–Crippen LogP) is 1.74.